The monoisotopic (exact) mass is 468 g/mol. The molecule has 2 aromatic carbocycles. The SMILES string of the molecule is COc1ccc(S(=O)(=O)N2CCCC(C(=O)OCC(=O)Nc3cc(F)ccc3F)C2)cc1. The van der Waals surface area contributed by atoms with Crippen LogP contribution in [-0.2, 0) is 24.3 Å². The molecule has 1 N–H and O–H groups in total. The molecule has 1 unspecified atom stereocenters. The predicted octanol–water partition coefficient (Wildman–Crippen LogP) is 2.56. The Morgan fingerprint density at radius 1 is 1.16 bits per heavy atom. The average Bonchev–Trinajstić information content (AvgIpc) is 2.80. The van der Waals surface area contributed by atoms with Crippen molar-refractivity contribution in [1.29, 1.82) is 0 Å². The fraction of sp³-hybridized carbons (Fsp3) is 0.333. The van der Waals surface area contributed by atoms with Crippen LogP contribution >= 0.6 is 0 Å². The molecular weight excluding hydrogens is 446 g/mol. The number of hydrogen-bond acceptors (Lipinski definition) is 6. The van der Waals surface area contributed by atoms with Gasteiger partial charge in [-0.05, 0) is 49.2 Å². The Labute approximate surface area is 184 Å². The van der Waals surface area contributed by atoms with E-state index in [0.29, 0.717) is 18.6 Å². The highest BCUT2D eigenvalue weighted by Crippen LogP contribution is 2.26. The molecule has 11 heteroatoms. The van der Waals surface area contributed by atoms with Gasteiger partial charge < -0.3 is 14.8 Å². The summed E-state index contributed by atoms with van der Waals surface area (Å²) in [5.74, 6) is -3.40. The van der Waals surface area contributed by atoms with Crippen molar-refractivity contribution in [3.63, 3.8) is 0 Å². The van der Waals surface area contributed by atoms with Crippen LogP contribution in [0.15, 0.2) is 47.4 Å². The zero-order valence-electron chi connectivity index (χ0n) is 17.2. The third-order valence-corrected chi connectivity index (χ3v) is 6.84. The molecule has 2 aromatic rings. The van der Waals surface area contributed by atoms with E-state index in [4.69, 9.17) is 9.47 Å². The highest BCUT2D eigenvalue weighted by molar-refractivity contribution is 7.89. The second kappa shape index (κ2) is 10.0. The Morgan fingerprint density at radius 3 is 2.56 bits per heavy atom. The van der Waals surface area contributed by atoms with Crippen molar-refractivity contribution in [2.75, 3.05) is 32.1 Å². The summed E-state index contributed by atoms with van der Waals surface area (Å²) in [5.41, 5.74) is -0.375. The molecular formula is C21H22F2N2O6S. The molecule has 3 rings (SSSR count). The molecule has 1 amide bonds. The number of carbonyl (C=O) groups excluding carboxylic acids is 2. The van der Waals surface area contributed by atoms with Gasteiger partial charge in [-0.25, -0.2) is 17.2 Å². The van der Waals surface area contributed by atoms with Crippen LogP contribution in [0.4, 0.5) is 14.5 Å². The van der Waals surface area contributed by atoms with Crippen molar-refractivity contribution in [2.24, 2.45) is 5.92 Å². The number of anilines is 1. The Bertz CT molecular complexity index is 1090. The topological polar surface area (TPSA) is 102 Å². The number of amides is 1. The molecule has 1 aliphatic heterocycles. The lowest BCUT2D eigenvalue weighted by Crippen LogP contribution is -2.43. The Balaban J connectivity index is 1.57. The number of carbonyl (C=O) groups is 2. The summed E-state index contributed by atoms with van der Waals surface area (Å²) in [6.45, 7) is -0.554. The lowest BCUT2D eigenvalue weighted by molar-refractivity contribution is -0.152. The van der Waals surface area contributed by atoms with Crippen molar-refractivity contribution in [1.82, 2.24) is 4.31 Å². The van der Waals surface area contributed by atoms with E-state index in [2.05, 4.69) is 5.32 Å². The average molecular weight is 468 g/mol. The van der Waals surface area contributed by atoms with E-state index < -0.39 is 46.1 Å². The number of halogens is 2. The lowest BCUT2D eigenvalue weighted by atomic mass is 10.00. The second-order valence-electron chi connectivity index (χ2n) is 7.16. The minimum atomic E-state index is -3.82. The van der Waals surface area contributed by atoms with Crippen LogP contribution in [0.3, 0.4) is 0 Å². The van der Waals surface area contributed by atoms with Gasteiger partial charge in [0.2, 0.25) is 10.0 Å². The van der Waals surface area contributed by atoms with Gasteiger partial charge >= 0.3 is 5.97 Å². The number of nitrogens with zero attached hydrogens (tertiary/aromatic N) is 1. The molecule has 32 heavy (non-hydrogen) atoms. The number of piperidine rings is 1. The van der Waals surface area contributed by atoms with Gasteiger partial charge in [-0.2, -0.15) is 4.31 Å². The van der Waals surface area contributed by atoms with Crippen molar-refractivity contribution in [3.05, 3.63) is 54.1 Å². The number of esters is 1. The first-order chi connectivity index (χ1) is 15.2. The van der Waals surface area contributed by atoms with Crippen LogP contribution in [0, 0.1) is 17.6 Å². The van der Waals surface area contributed by atoms with Gasteiger partial charge in [0.05, 0.1) is 23.6 Å². The number of benzene rings is 2. The van der Waals surface area contributed by atoms with Gasteiger partial charge in [0, 0.05) is 19.2 Å². The molecule has 0 radical (unpaired) electrons. The van der Waals surface area contributed by atoms with Gasteiger partial charge in [0.1, 0.15) is 17.4 Å². The summed E-state index contributed by atoms with van der Waals surface area (Å²) in [6.07, 6.45) is 0.837. The maximum atomic E-state index is 13.6. The normalized spacial score (nSPS) is 16.9. The second-order valence-corrected chi connectivity index (χ2v) is 9.10. The number of nitrogens with one attached hydrogen (secondary N) is 1. The van der Waals surface area contributed by atoms with Gasteiger partial charge in [-0.1, -0.05) is 0 Å². The van der Waals surface area contributed by atoms with E-state index in [0.717, 1.165) is 18.2 Å². The van der Waals surface area contributed by atoms with Crippen molar-refractivity contribution in [3.8, 4) is 5.75 Å². The zero-order valence-corrected chi connectivity index (χ0v) is 18.0. The number of sulfonamides is 1. The smallest absolute Gasteiger partial charge is 0.310 e. The van der Waals surface area contributed by atoms with Crippen molar-refractivity contribution < 1.29 is 36.3 Å². The third kappa shape index (κ3) is 5.60. The summed E-state index contributed by atoms with van der Waals surface area (Å²) in [4.78, 5) is 24.4. The van der Waals surface area contributed by atoms with Crippen molar-refractivity contribution >= 4 is 27.6 Å². The molecule has 1 heterocycles. The van der Waals surface area contributed by atoms with Crippen LogP contribution in [0.5, 0.6) is 5.75 Å². The van der Waals surface area contributed by atoms with Gasteiger partial charge in [-0.15, -0.1) is 0 Å². The molecule has 0 bridgehead atoms. The number of ether oxygens (including phenoxy) is 2. The number of hydrogen-bond donors (Lipinski definition) is 1. The van der Waals surface area contributed by atoms with E-state index in [1.54, 1.807) is 0 Å². The molecule has 1 saturated heterocycles. The van der Waals surface area contributed by atoms with E-state index >= 15 is 0 Å². The molecule has 1 atom stereocenters. The number of rotatable bonds is 7. The highest BCUT2D eigenvalue weighted by atomic mass is 32.2. The fourth-order valence-electron chi connectivity index (χ4n) is 3.28. The third-order valence-electron chi connectivity index (χ3n) is 4.96. The molecule has 1 fully saturated rings. The molecule has 172 valence electrons. The number of methoxy groups -OCH3 is 1. The predicted molar refractivity (Wildman–Crippen MR) is 110 cm³/mol. The van der Waals surface area contributed by atoms with Crippen molar-refractivity contribution in [2.45, 2.75) is 17.7 Å². The van der Waals surface area contributed by atoms with E-state index in [-0.39, 0.29) is 23.7 Å². The minimum absolute atomic E-state index is 0.0730. The fourth-order valence-corrected chi connectivity index (χ4v) is 4.81. The molecule has 0 spiro atoms. The highest BCUT2D eigenvalue weighted by Gasteiger charge is 2.34. The summed E-state index contributed by atoms with van der Waals surface area (Å²) in [5, 5.41) is 2.13. The standard InChI is InChI=1S/C21H22F2N2O6S/c1-30-16-5-7-17(8-6-16)32(28,29)25-10-2-3-14(12-25)21(27)31-13-20(26)24-19-11-15(22)4-9-18(19)23/h4-9,11,14H,2-3,10,12-13H2,1H3,(H,24,26). The van der Waals surface area contributed by atoms with E-state index in [9.17, 15) is 26.8 Å². The zero-order chi connectivity index (χ0) is 23.3. The first-order valence-electron chi connectivity index (χ1n) is 9.76. The Kier molecular flexibility index (Phi) is 7.41. The van der Waals surface area contributed by atoms with Crippen LogP contribution in [0.25, 0.3) is 0 Å². The molecule has 0 aromatic heterocycles. The molecule has 0 saturated carbocycles. The van der Waals surface area contributed by atoms with E-state index in [1.165, 1.54) is 35.7 Å². The van der Waals surface area contributed by atoms with Gasteiger partial charge in [0.25, 0.3) is 5.91 Å². The van der Waals surface area contributed by atoms with Crippen LogP contribution < -0.4 is 10.1 Å². The molecule has 1 aliphatic rings. The largest absolute Gasteiger partial charge is 0.497 e. The molecule has 0 aliphatic carbocycles. The maximum absolute atomic E-state index is 13.6. The van der Waals surface area contributed by atoms with E-state index in [1.807, 2.05) is 0 Å². The minimum Gasteiger partial charge on any atom is -0.497 e. The lowest BCUT2D eigenvalue weighted by Gasteiger charge is -2.30. The first-order valence-corrected chi connectivity index (χ1v) is 11.2. The van der Waals surface area contributed by atoms with Gasteiger partial charge in [0.15, 0.2) is 6.61 Å². The summed E-state index contributed by atoms with van der Waals surface area (Å²) in [6, 6.07) is 8.47. The van der Waals surface area contributed by atoms with Crippen LogP contribution in [0.2, 0.25) is 0 Å². The maximum Gasteiger partial charge on any atom is 0.310 e. The first kappa shape index (κ1) is 23.6. The quantitative estimate of drug-likeness (QED) is 0.627. The summed E-state index contributed by atoms with van der Waals surface area (Å²) < 4.78 is 63.8. The summed E-state index contributed by atoms with van der Waals surface area (Å²) >= 11 is 0. The molecule has 8 nitrogen and oxygen atoms in total. The summed E-state index contributed by atoms with van der Waals surface area (Å²) in [7, 11) is -2.35. The van der Waals surface area contributed by atoms with Crippen LogP contribution in [0.1, 0.15) is 12.8 Å². The Hall–Kier alpha value is -3.05. The Morgan fingerprint density at radius 2 is 1.88 bits per heavy atom. The van der Waals surface area contributed by atoms with Gasteiger partial charge in [-0.3, -0.25) is 9.59 Å². The van der Waals surface area contributed by atoms with Crippen LogP contribution in [-0.4, -0.2) is 51.4 Å².